The van der Waals surface area contributed by atoms with Gasteiger partial charge in [0.15, 0.2) is 5.76 Å². The summed E-state index contributed by atoms with van der Waals surface area (Å²) in [5, 5.41) is 2.68. The number of carbonyl (C=O) groups is 3. The van der Waals surface area contributed by atoms with E-state index in [9.17, 15) is 14.4 Å². The van der Waals surface area contributed by atoms with Gasteiger partial charge in [-0.05, 0) is 43.6 Å². The summed E-state index contributed by atoms with van der Waals surface area (Å²) in [5.74, 6) is -0.283. The summed E-state index contributed by atoms with van der Waals surface area (Å²) in [4.78, 5) is 35.4. The van der Waals surface area contributed by atoms with Gasteiger partial charge < -0.3 is 19.5 Å². The third-order valence-corrected chi connectivity index (χ3v) is 4.93. The molecule has 0 aromatic heterocycles. The van der Waals surface area contributed by atoms with Crippen molar-refractivity contribution in [1.82, 2.24) is 5.32 Å². The first-order valence-corrected chi connectivity index (χ1v) is 10.8. The summed E-state index contributed by atoms with van der Waals surface area (Å²) < 4.78 is 14.5. The Morgan fingerprint density at radius 1 is 0.906 bits per heavy atom. The molecule has 0 aromatic carbocycles. The fourth-order valence-electron chi connectivity index (χ4n) is 2.89. The van der Waals surface area contributed by atoms with Gasteiger partial charge in [-0.2, -0.15) is 0 Å². The van der Waals surface area contributed by atoms with Gasteiger partial charge in [0.2, 0.25) is 5.91 Å². The minimum absolute atomic E-state index is 0.207. The van der Waals surface area contributed by atoms with Crippen LogP contribution in [0.1, 0.15) is 47.5 Å². The number of carbonyl (C=O) groups excluding carboxylic acids is 3. The molecule has 0 saturated heterocycles. The third kappa shape index (κ3) is 12.1. The van der Waals surface area contributed by atoms with Crippen molar-refractivity contribution in [2.75, 3.05) is 21.3 Å². The van der Waals surface area contributed by atoms with Gasteiger partial charge in [0.25, 0.3) is 0 Å². The lowest BCUT2D eigenvalue weighted by molar-refractivity contribution is -0.145. The van der Waals surface area contributed by atoms with Crippen molar-refractivity contribution in [2.24, 2.45) is 17.8 Å². The van der Waals surface area contributed by atoms with Crippen LogP contribution in [0.5, 0.6) is 0 Å². The average Bonchev–Trinajstić information content (AvgIpc) is 2.75. The summed E-state index contributed by atoms with van der Waals surface area (Å²) in [6, 6.07) is -0.656. The van der Waals surface area contributed by atoms with Crippen molar-refractivity contribution in [3.8, 4) is 0 Å². The first-order chi connectivity index (χ1) is 15.0. The van der Waals surface area contributed by atoms with Crippen molar-refractivity contribution < 1.29 is 28.6 Å². The van der Waals surface area contributed by atoms with Gasteiger partial charge in [-0.15, -0.1) is 0 Å². The highest BCUT2D eigenvalue weighted by molar-refractivity contribution is 5.91. The van der Waals surface area contributed by atoms with Gasteiger partial charge >= 0.3 is 11.9 Å². The molecule has 0 aliphatic heterocycles. The third-order valence-electron chi connectivity index (χ3n) is 4.93. The SMILES string of the molecule is COC(=O)C(=CCC(C)C(C)C=C(C)C=CC=CC(=O)NC(CC(C)C)C(=O)OC)OC. The standard InChI is InChI=1S/C25H39NO6/c1-17(2)15-21(24(28)31-7)26-23(27)12-10-9-11-18(3)16-20(5)19(4)13-14-22(30-6)25(29)32-8/h9-12,14,16-17,19-21H,13,15H2,1-8H3,(H,26,27). The normalized spacial score (nSPS) is 15.5. The molecule has 0 heterocycles. The van der Waals surface area contributed by atoms with E-state index in [0.29, 0.717) is 12.8 Å². The molecular formula is C25H39NO6. The quantitative estimate of drug-likeness (QED) is 0.197. The fourth-order valence-corrected chi connectivity index (χ4v) is 2.89. The van der Waals surface area contributed by atoms with E-state index in [-0.39, 0.29) is 29.4 Å². The van der Waals surface area contributed by atoms with Gasteiger partial charge in [0.1, 0.15) is 6.04 Å². The highest BCUT2D eigenvalue weighted by atomic mass is 16.6. The fraction of sp³-hybridized carbons (Fsp3) is 0.560. The molecule has 0 bridgehead atoms. The number of hydrogen-bond donors (Lipinski definition) is 1. The van der Waals surface area contributed by atoms with Gasteiger partial charge in [0.05, 0.1) is 21.3 Å². The van der Waals surface area contributed by atoms with Crippen molar-refractivity contribution in [3.05, 3.63) is 47.8 Å². The van der Waals surface area contributed by atoms with Crippen molar-refractivity contribution in [3.63, 3.8) is 0 Å². The van der Waals surface area contributed by atoms with Gasteiger partial charge in [0, 0.05) is 6.08 Å². The Bertz CT molecular complexity index is 733. The maximum absolute atomic E-state index is 12.1. The molecule has 7 nitrogen and oxygen atoms in total. The van der Waals surface area contributed by atoms with E-state index in [1.54, 1.807) is 18.2 Å². The first-order valence-electron chi connectivity index (χ1n) is 10.8. The zero-order chi connectivity index (χ0) is 24.7. The number of rotatable bonds is 13. The zero-order valence-electron chi connectivity index (χ0n) is 20.6. The number of methoxy groups -OCH3 is 3. The molecule has 1 amide bonds. The summed E-state index contributed by atoms with van der Waals surface area (Å²) >= 11 is 0. The Kier molecular flexibility index (Phi) is 14.5. The largest absolute Gasteiger partial charge is 0.490 e. The molecule has 3 atom stereocenters. The number of nitrogens with one attached hydrogen (secondary N) is 1. The number of hydrogen-bond acceptors (Lipinski definition) is 6. The predicted molar refractivity (Wildman–Crippen MR) is 125 cm³/mol. The summed E-state index contributed by atoms with van der Waals surface area (Å²) in [6.45, 7) is 10.1. The molecule has 0 aliphatic carbocycles. The van der Waals surface area contributed by atoms with E-state index in [2.05, 4.69) is 30.0 Å². The van der Waals surface area contributed by atoms with Crippen LogP contribution in [0.3, 0.4) is 0 Å². The molecule has 0 rings (SSSR count). The van der Waals surface area contributed by atoms with E-state index in [0.717, 1.165) is 5.57 Å². The van der Waals surface area contributed by atoms with Crippen LogP contribution >= 0.6 is 0 Å². The van der Waals surface area contributed by atoms with E-state index in [1.165, 1.54) is 27.4 Å². The van der Waals surface area contributed by atoms with Gasteiger partial charge in [-0.1, -0.05) is 57.6 Å². The van der Waals surface area contributed by atoms with Crippen LogP contribution in [0, 0.1) is 17.8 Å². The maximum atomic E-state index is 12.1. The number of esters is 2. The summed E-state index contributed by atoms with van der Waals surface area (Å²) in [5.41, 5.74) is 1.05. The second kappa shape index (κ2) is 15.9. The minimum atomic E-state index is -0.656. The average molecular weight is 450 g/mol. The Morgan fingerprint density at radius 3 is 2.06 bits per heavy atom. The molecule has 1 N–H and O–H groups in total. The lowest BCUT2D eigenvalue weighted by atomic mass is 9.91. The summed E-state index contributed by atoms with van der Waals surface area (Å²) in [6.07, 6.45) is 11.8. The topological polar surface area (TPSA) is 90.9 Å². The van der Waals surface area contributed by atoms with Crippen molar-refractivity contribution in [2.45, 2.75) is 53.5 Å². The van der Waals surface area contributed by atoms with E-state index in [4.69, 9.17) is 9.47 Å². The monoisotopic (exact) mass is 449 g/mol. The predicted octanol–water partition coefficient (Wildman–Crippen LogP) is 4.11. The maximum Gasteiger partial charge on any atom is 0.372 e. The lowest BCUT2D eigenvalue weighted by Crippen LogP contribution is -2.41. The van der Waals surface area contributed by atoms with E-state index >= 15 is 0 Å². The van der Waals surface area contributed by atoms with Gasteiger partial charge in [-0.25, -0.2) is 9.59 Å². The molecule has 180 valence electrons. The Balaban J connectivity index is 4.83. The molecule has 32 heavy (non-hydrogen) atoms. The van der Waals surface area contributed by atoms with E-state index in [1.807, 2.05) is 26.8 Å². The zero-order valence-corrected chi connectivity index (χ0v) is 20.6. The molecule has 7 heteroatoms. The first kappa shape index (κ1) is 29.2. The molecular weight excluding hydrogens is 410 g/mol. The Labute approximate surface area is 192 Å². The van der Waals surface area contributed by atoms with Crippen LogP contribution in [0.15, 0.2) is 47.8 Å². The van der Waals surface area contributed by atoms with Crippen molar-refractivity contribution >= 4 is 17.8 Å². The lowest BCUT2D eigenvalue weighted by Gasteiger charge is -2.17. The highest BCUT2D eigenvalue weighted by Gasteiger charge is 2.21. The molecule has 3 unspecified atom stereocenters. The van der Waals surface area contributed by atoms with E-state index < -0.39 is 18.0 Å². The number of allylic oxidation sites excluding steroid dienone is 6. The Hall–Kier alpha value is -2.83. The number of ether oxygens (including phenoxy) is 3. The molecule has 0 aromatic rings. The molecule has 0 aliphatic rings. The van der Waals surface area contributed by atoms with Gasteiger partial charge in [-0.3, -0.25) is 4.79 Å². The molecule has 0 fully saturated rings. The number of amides is 1. The van der Waals surface area contributed by atoms with Crippen LogP contribution in [0.4, 0.5) is 0 Å². The highest BCUT2D eigenvalue weighted by Crippen LogP contribution is 2.20. The Morgan fingerprint density at radius 2 is 1.53 bits per heavy atom. The van der Waals surface area contributed by atoms with Crippen LogP contribution in [-0.4, -0.2) is 45.2 Å². The van der Waals surface area contributed by atoms with Crippen LogP contribution in [-0.2, 0) is 28.6 Å². The van der Waals surface area contributed by atoms with Crippen LogP contribution in [0.2, 0.25) is 0 Å². The second-order valence-corrected chi connectivity index (χ2v) is 8.18. The van der Waals surface area contributed by atoms with Crippen LogP contribution in [0.25, 0.3) is 0 Å². The van der Waals surface area contributed by atoms with Crippen LogP contribution < -0.4 is 5.32 Å². The smallest absolute Gasteiger partial charge is 0.372 e. The second-order valence-electron chi connectivity index (χ2n) is 8.18. The van der Waals surface area contributed by atoms with Crippen molar-refractivity contribution in [1.29, 1.82) is 0 Å². The molecule has 0 saturated carbocycles. The molecule has 0 radical (unpaired) electrons. The minimum Gasteiger partial charge on any atom is -0.490 e. The molecule has 0 spiro atoms. The summed E-state index contributed by atoms with van der Waals surface area (Å²) in [7, 11) is 4.07.